The zero-order chi connectivity index (χ0) is 14.8. The molecule has 1 aromatic heterocycles. The Morgan fingerprint density at radius 1 is 1.19 bits per heavy atom. The van der Waals surface area contributed by atoms with Gasteiger partial charge in [-0.25, -0.2) is 0 Å². The molecule has 4 heteroatoms. The molecule has 3 aromatic rings. The number of fused-ring (bicyclic) bond motifs is 1. The van der Waals surface area contributed by atoms with Crippen LogP contribution in [0.2, 0.25) is 5.02 Å². The first-order chi connectivity index (χ1) is 10.2. The number of nitrogens with zero attached hydrogens (tertiary/aromatic N) is 2. The summed E-state index contributed by atoms with van der Waals surface area (Å²) < 4.78 is 5.93. The van der Waals surface area contributed by atoms with Crippen molar-refractivity contribution in [3.8, 4) is 17.6 Å². The molecule has 0 atom stereocenters. The first kappa shape index (κ1) is 13.4. The maximum absolute atomic E-state index is 9.26. The van der Waals surface area contributed by atoms with Gasteiger partial charge >= 0.3 is 0 Å². The Hall–Kier alpha value is -2.57. The lowest BCUT2D eigenvalue weighted by atomic mass is 10.1. The minimum absolute atomic E-state index is 0.404. The van der Waals surface area contributed by atoms with Crippen LogP contribution in [0.1, 0.15) is 11.1 Å². The molecule has 0 radical (unpaired) electrons. The average Bonchev–Trinajstić information content (AvgIpc) is 2.51. The van der Waals surface area contributed by atoms with Gasteiger partial charge < -0.3 is 4.74 Å². The molecular formula is C17H11ClN2O. The van der Waals surface area contributed by atoms with Gasteiger partial charge in [0, 0.05) is 16.6 Å². The molecule has 0 aliphatic carbocycles. The van der Waals surface area contributed by atoms with Gasteiger partial charge in [0.15, 0.2) is 5.75 Å². The van der Waals surface area contributed by atoms with E-state index in [-0.39, 0.29) is 0 Å². The highest BCUT2D eigenvalue weighted by Gasteiger charge is 2.11. The van der Waals surface area contributed by atoms with Gasteiger partial charge in [-0.1, -0.05) is 23.7 Å². The maximum atomic E-state index is 9.26. The summed E-state index contributed by atoms with van der Waals surface area (Å²) >= 11 is 6.02. The van der Waals surface area contributed by atoms with Crippen molar-refractivity contribution in [3.63, 3.8) is 0 Å². The Balaban J connectivity index is 2.14. The van der Waals surface area contributed by atoms with Crippen LogP contribution in [0.25, 0.3) is 10.9 Å². The number of hydrogen-bond donors (Lipinski definition) is 0. The third-order valence-corrected chi connectivity index (χ3v) is 3.62. The number of ether oxygens (including phenoxy) is 1. The van der Waals surface area contributed by atoms with E-state index in [2.05, 4.69) is 11.1 Å². The quantitative estimate of drug-likeness (QED) is 0.678. The van der Waals surface area contributed by atoms with Crippen molar-refractivity contribution < 1.29 is 4.74 Å². The monoisotopic (exact) mass is 294 g/mol. The van der Waals surface area contributed by atoms with Gasteiger partial charge in [0.25, 0.3) is 0 Å². The minimum Gasteiger partial charge on any atom is -0.455 e. The second-order valence-electron chi connectivity index (χ2n) is 4.64. The summed E-state index contributed by atoms with van der Waals surface area (Å²) in [4.78, 5) is 4.26. The Bertz CT molecular complexity index is 868. The molecule has 2 aromatic carbocycles. The van der Waals surface area contributed by atoms with Crippen LogP contribution in [0.15, 0.2) is 48.7 Å². The maximum Gasteiger partial charge on any atom is 0.156 e. The van der Waals surface area contributed by atoms with E-state index < -0.39 is 0 Å². The first-order valence-corrected chi connectivity index (χ1v) is 6.78. The van der Waals surface area contributed by atoms with Gasteiger partial charge in [0.2, 0.25) is 0 Å². The van der Waals surface area contributed by atoms with Crippen LogP contribution in [0.4, 0.5) is 0 Å². The van der Waals surface area contributed by atoms with E-state index in [4.69, 9.17) is 16.3 Å². The van der Waals surface area contributed by atoms with Crippen molar-refractivity contribution in [2.24, 2.45) is 0 Å². The molecule has 0 bridgehead atoms. The highest BCUT2D eigenvalue weighted by molar-refractivity contribution is 6.31. The lowest BCUT2D eigenvalue weighted by Crippen LogP contribution is -1.92. The number of para-hydroxylation sites is 1. The first-order valence-electron chi connectivity index (χ1n) is 6.41. The summed E-state index contributed by atoms with van der Waals surface area (Å²) in [5.41, 5.74) is 2.12. The lowest BCUT2D eigenvalue weighted by molar-refractivity contribution is 0.486. The van der Waals surface area contributed by atoms with Crippen LogP contribution >= 0.6 is 11.6 Å². The van der Waals surface area contributed by atoms with Crippen molar-refractivity contribution in [1.82, 2.24) is 4.98 Å². The smallest absolute Gasteiger partial charge is 0.156 e. The number of benzene rings is 2. The predicted octanol–water partition coefficient (Wildman–Crippen LogP) is 4.86. The fourth-order valence-corrected chi connectivity index (χ4v) is 2.22. The normalized spacial score (nSPS) is 10.3. The lowest BCUT2D eigenvalue weighted by Gasteiger charge is -2.11. The van der Waals surface area contributed by atoms with E-state index >= 15 is 0 Å². The Kier molecular flexibility index (Phi) is 3.47. The van der Waals surface area contributed by atoms with Crippen molar-refractivity contribution in [3.05, 3.63) is 64.8 Å². The summed E-state index contributed by atoms with van der Waals surface area (Å²) in [5.74, 6) is 1.16. The minimum atomic E-state index is 0.404. The molecule has 0 unspecified atom stereocenters. The average molecular weight is 295 g/mol. The van der Waals surface area contributed by atoms with Crippen molar-refractivity contribution >= 4 is 22.5 Å². The third-order valence-electron chi connectivity index (χ3n) is 3.20. The SMILES string of the molecule is Cc1cc(Oc2c(C#N)cnc3ccccc23)ccc1Cl. The Morgan fingerprint density at radius 2 is 2.00 bits per heavy atom. The molecule has 1 heterocycles. The zero-order valence-corrected chi connectivity index (χ0v) is 12.1. The van der Waals surface area contributed by atoms with Crippen LogP contribution in [0.3, 0.4) is 0 Å². The molecule has 0 N–H and O–H groups in total. The van der Waals surface area contributed by atoms with Crippen molar-refractivity contribution in [1.29, 1.82) is 5.26 Å². The fraction of sp³-hybridized carbons (Fsp3) is 0.0588. The number of aromatic nitrogens is 1. The number of aryl methyl sites for hydroxylation is 1. The summed E-state index contributed by atoms with van der Waals surface area (Å²) in [6.45, 7) is 1.91. The molecule has 0 amide bonds. The summed E-state index contributed by atoms with van der Waals surface area (Å²) in [7, 11) is 0. The Labute approximate surface area is 127 Å². The highest BCUT2D eigenvalue weighted by Crippen LogP contribution is 2.33. The zero-order valence-electron chi connectivity index (χ0n) is 11.3. The fourth-order valence-electron chi connectivity index (χ4n) is 2.10. The topological polar surface area (TPSA) is 45.9 Å². The number of halogens is 1. The highest BCUT2D eigenvalue weighted by atomic mass is 35.5. The number of pyridine rings is 1. The Morgan fingerprint density at radius 3 is 2.76 bits per heavy atom. The molecule has 3 rings (SSSR count). The number of hydrogen-bond acceptors (Lipinski definition) is 3. The van der Waals surface area contributed by atoms with Crippen LogP contribution in [0.5, 0.6) is 11.5 Å². The number of rotatable bonds is 2. The summed E-state index contributed by atoms with van der Waals surface area (Å²) in [6, 6.07) is 15.1. The van der Waals surface area contributed by atoms with Crippen LogP contribution in [-0.2, 0) is 0 Å². The largest absolute Gasteiger partial charge is 0.455 e. The van der Waals surface area contributed by atoms with Gasteiger partial charge in [0.1, 0.15) is 17.4 Å². The van der Waals surface area contributed by atoms with Crippen molar-refractivity contribution in [2.75, 3.05) is 0 Å². The molecular weight excluding hydrogens is 284 g/mol. The van der Waals surface area contributed by atoms with Crippen molar-refractivity contribution in [2.45, 2.75) is 6.92 Å². The molecule has 21 heavy (non-hydrogen) atoms. The van der Waals surface area contributed by atoms with E-state index in [1.807, 2.05) is 37.3 Å². The molecule has 102 valence electrons. The van der Waals surface area contributed by atoms with E-state index in [0.717, 1.165) is 16.5 Å². The van der Waals surface area contributed by atoms with Gasteiger partial charge in [-0.3, -0.25) is 4.98 Å². The van der Waals surface area contributed by atoms with E-state index in [1.54, 1.807) is 12.1 Å². The van der Waals surface area contributed by atoms with Gasteiger partial charge in [-0.2, -0.15) is 5.26 Å². The molecule has 0 spiro atoms. The van der Waals surface area contributed by atoms with Crippen LogP contribution < -0.4 is 4.74 Å². The van der Waals surface area contributed by atoms with Crippen LogP contribution in [-0.4, -0.2) is 4.98 Å². The van der Waals surface area contributed by atoms with Crippen LogP contribution in [0, 0.1) is 18.3 Å². The van der Waals surface area contributed by atoms with E-state index in [1.165, 1.54) is 6.20 Å². The predicted molar refractivity (Wildman–Crippen MR) is 82.7 cm³/mol. The van der Waals surface area contributed by atoms with Gasteiger partial charge in [-0.15, -0.1) is 0 Å². The van der Waals surface area contributed by atoms with E-state index in [0.29, 0.717) is 22.1 Å². The second kappa shape index (κ2) is 5.43. The van der Waals surface area contributed by atoms with Gasteiger partial charge in [-0.05, 0) is 42.8 Å². The molecule has 0 aliphatic heterocycles. The molecule has 0 saturated carbocycles. The third kappa shape index (κ3) is 2.54. The molecule has 0 saturated heterocycles. The number of nitriles is 1. The standard InChI is InChI=1S/C17H11ClN2O/c1-11-8-13(6-7-15(11)18)21-17-12(9-19)10-20-16-5-3-2-4-14(16)17/h2-8,10H,1H3. The summed E-state index contributed by atoms with van der Waals surface area (Å²) in [5, 5.41) is 10.8. The molecule has 0 fully saturated rings. The molecule has 0 aliphatic rings. The molecule has 3 nitrogen and oxygen atoms in total. The summed E-state index contributed by atoms with van der Waals surface area (Å²) in [6.07, 6.45) is 1.53. The van der Waals surface area contributed by atoms with E-state index in [9.17, 15) is 5.26 Å². The second-order valence-corrected chi connectivity index (χ2v) is 5.05. The van der Waals surface area contributed by atoms with Gasteiger partial charge in [0.05, 0.1) is 5.52 Å².